The van der Waals surface area contributed by atoms with Crippen LogP contribution in [0.2, 0.25) is 5.02 Å². The Labute approximate surface area is 189 Å². The number of benzene rings is 1. The Morgan fingerprint density at radius 2 is 1.88 bits per heavy atom. The molecule has 0 spiro atoms. The molecular weight excluding hydrogens is 463 g/mol. The summed E-state index contributed by atoms with van der Waals surface area (Å²) < 4.78 is 54.5. The number of para-hydroxylation sites is 1. The fraction of sp³-hybridized carbons (Fsp3) is 0.238. The van der Waals surface area contributed by atoms with Gasteiger partial charge in [-0.3, -0.25) is 4.31 Å². The van der Waals surface area contributed by atoms with Crippen LogP contribution in [0.15, 0.2) is 48.8 Å². The lowest BCUT2D eigenvalue weighted by atomic mass is 10.1. The Bertz CT molecular complexity index is 1220. The van der Waals surface area contributed by atoms with Gasteiger partial charge >= 0.3 is 6.18 Å². The van der Waals surface area contributed by atoms with Gasteiger partial charge in [-0.1, -0.05) is 29.8 Å². The fourth-order valence-corrected chi connectivity index (χ4v) is 3.65. The molecule has 3 aromatic rings. The fourth-order valence-electron chi connectivity index (χ4n) is 2.93. The van der Waals surface area contributed by atoms with Gasteiger partial charge in [0.05, 0.1) is 22.0 Å². The molecule has 32 heavy (non-hydrogen) atoms. The highest BCUT2D eigenvalue weighted by Gasteiger charge is 2.35. The minimum absolute atomic E-state index is 0.000959. The second kappa shape index (κ2) is 9.33. The third-order valence-corrected chi connectivity index (χ3v) is 6.33. The number of aryl methyl sites for hydroxylation is 2. The first-order chi connectivity index (χ1) is 15.0. The first-order valence-electron chi connectivity index (χ1n) is 9.41. The largest absolute Gasteiger partial charge is 0.419 e. The number of alkyl halides is 3. The molecule has 2 aromatic heterocycles. The van der Waals surface area contributed by atoms with Gasteiger partial charge < -0.3 is 5.32 Å². The number of halogens is 4. The van der Waals surface area contributed by atoms with Crippen LogP contribution in [0.5, 0.6) is 0 Å². The molecular formula is C21H21ClF3N5OS. The topological polar surface area (TPSA) is 71.0 Å². The Balaban J connectivity index is 1.93. The number of aromatic nitrogens is 3. The minimum atomic E-state index is -4.61. The van der Waals surface area contributed by atoms with Gasteiger partial charge in [0.1, 0.15) is 5.82 Å². The van der Waals surface area contributed by atoms with Crippen molar-refractivity contribution in [3.8, 4) is 0 Å². The van der Waals surface area contributed by atoms with Crippen molar-refractivity contribution in [2.45, 2.75) is 19.0 Å². The Morgan fingerprint density at radius 1 is 1.16 bits per heavy atom. The van der Waals surface area contributed by atoms with Crippen molar-refractivity contribution >= 4 is 44.6 Å². The lowest BCUT2D eigenvalue weighted by Gasteiger charge is -2.22. The zero-order valence-corrected chi connectivity index (χ0v) is 18.9. The molecule has 6 nitrogen and oxygen atoms in total. The first kappa shape index (κ1) is 23.8. The molecule has 11 heteroatoms. The highest BCUT2D eigenvalue weighted by molar-refractivity contribution is 8.00. The van der Waals surface area contributed by atoms with Crippen LogP contribution < -0.4 is 9.62 Å². The van der Waals surface area contributed by atoms with E-state index >= 15 is 0 Å². The predicted octanol–water partition coefficient (Wildman–Crippen LogP) is 4.77. The molecule has 0 aliphatic heterocycles. The van der Waals surface area contributed by atoms with Gasteiger partial charge in [-0.05, 0) is 42.5 Å². The average Bonchev–Trinajstić information content (AvgIpc) is 2.72. The summed E-state index contributed by atoms with van der Waals surface area (Å²) in [5.41, 5.74) is 0.00795. The van der Waals surface area contributed by atoms with Gasteiger partial charge in [0, 0.05) is 35.4 Å². The van der Waals surface area contributed by atoms with Crippen LogP contribution in [0.1, 0.15) is 16.8 Å². The van der Waals surface area contributed by atoms with E-state index in [0.29, 0.717) is 22.1 Å². The normalized spacial score (nSPS) is 13.4. The number of hydrogen-bond acceptors (Lipinski definition) is 5. The van der Waals surface area contributed by atoms with Crippen molar-refractivity contribution < 1.29 is 17.4 Å². The van der Waals surface area contributed by atoms with Gasteiger partial charge in [-0.25, -0.2) is 19.2 Å². The molecule has 2 heterocycles. The smallest absolute Gasteiger partial charge is 0.323 e. The van der Waals surface area contributed by atoms with Crippen molar-refractivity contribution in [2.24, 2.45) is 0 Å². The second-order valence-electron chi connectivity index (χ2n) is 7.10. The van der Waals surface area contributed by atoms with E-state index in [2.05, 4.69) is 26.1 Å². The van der Waals surface area contributed by atoms with Crippen LogP contribution in [0.25, 0.3) is 0 Å². The van der Waals surface area contributed by atoms with Gasteiger partial charge in [0.2, 0.25) is 5.95 Å². The molecule has 0 saturated heterocycles. The SMILES string of the molecule is C=S(C)(=O)N(C)c1ncccc1CCc1nc(Nc2ccccc2Cl)ncc1C(F)(F)F. The van der Waals surface area contributed by atoms with Crippen LogP contribution >= 0.6 is 11.6 Å². The summed E-state index contributed by atoms with van der Waals surface area (Å²) in [5.74, 6) is 4.03. The summed E-state index contributed by atoms with van der Waals surface area (Å²) in [6.07, 6.45) is -0.718. The summed E-state index contributed by atoms with van der Waals surface area (Å²) in [5, 5.41) is 3.24. The van der Waals surface area contributed by atoms with Crippen LogP contribution in [0.3, 0.4) is 0 Å². The number of pyridine rings is 1. The number of rotatable bonds is 7. The quantitative estimate of drug-likeness (QED) is 0.490. The predicted molar refractivity (Wildman–Crippen MR) is 123 cm³/mol. The molecule has 3 rings (SSSR count). The van der Waals surface area contributed by atoms with E-state index in [0.717, 1.165) is 6.20 Å². The van der Waals surface area contributed by atoms with E-state index in [-0.39, 0.29) is 24.5 Å². The summed E-state index contributed by atoms with van der Waals surface area (Å²) >= 11 is 6.10. The monoisotopic (exact) mass is 483 g/mol. The molecule has 0 aliphatic carbocycles. The van der Waals surface area contributed by atoms with Gasteiger partial charge in [-0.15, -0.1) is 0 Å². The van der Waals surface area contributed by atoms with Gasteiger partial charge in [-0.2, -0.15) is 13.2 Å². The average molecular weight is 484 g/mol. The van der Waals surface area contributed by atoms with Crippen molar-refractivity contribution in [1.82, 2.24) is 15.0 Å². The second-order valence-corrected chi connectivity index (χ2v) is 9.97. The Kier molecular flexibility index (Phi) is 6.94. The Hall–Kier alpha value is -2.85. The standard InChI is InChI=1S/C21H21ClF3N5OS/c1-30(32(2,3)31)19-14(7-6-12-26-19)10-11-17-15(21(23,24)25)13-27-20(28-17)29-18-9-5-4-8-16(18)22/h4-9,12-13H,2,10-11H2,1,3H3,(H,27,28,29). The van der Waals surface area contributed by atoms with Crippen LogP contribution in [0.4, 0.5) is 30.6 Å². The number of nitrogens with one attached hydrogen (secondary N) is 1. The van der Waals surface area contributed by atoms with E-state index in [1.165, 1.54) is 16.8 Å². The van der Waals surface area contributed by atoms with Crippen molar-refractivity contribution in [2.75, 3.05) is 22.9 Å². The molecule has 0 fully saturated rings. The number of nitrogens with zero attached hydrogens (tertiary/aromatic N) is 4. The van der Waals surface area contributed by atoms with Crippen molar-refractivity contribution in [3.05, 3.63) is 70.6 Å². The van der Waals surface area contributed by atoms with Crippen molar-refractivity contribution in [3.63, 3.8) is 0 Å². The van der Waals surface area contributed by atoms with Crippen LogP contribution in [0, 0.1) is 0 Å². The van der Waals surface area contributed by atoms with E-state index in [9.17, 15) is 17.4 Å². The summed E-state index contributed by atoms with van der Waals surface area (Å²) in [6.45, 7) is 0. The molecule has 1 aromatic carbocycles. The molecule has 1 atom stereocenters. The van der Waals surface area contributed by atoms with Gasteiger partial charge in [0.25, 0.3) is 0 Å². The molecule has 0 saturated carbocycles. The summed E-state index contributed by atoms with van der Waals surface area (Å²) in [4.78, 5) is 12.2. The van der Waals surface area contributed by atoms with Gasteiger partial charge in [0.15, 0.2) is 0 Å². The van der Waals surface area contributed by atoms with Crippen LogP contribution in [-0.2, 0) is 28.7 Å². The molecule has 0 radical (unpaired) electrons. The lowest BCUT2D eigenvalue weighted by molar-refractivity contribution is -0.138. The highest BCUT2D eigenvalue weighted by Crippen LogP contribution is 2.33. The molecule has 0 aliphatic rings. The third kappa shape index (κ3) is 5.68. The number of anilines is 3. The number of hydrogen-bond donors (Lipinski definition) is 1. The molecule has 170 valence electrons. The maximum atomic E-state index is 13.6. The van der Waals surface area contributed by atoms with Crippen LogP contribution in [-0.4, -0.2) is 38.3 Å². The summed E-state index contributed by atoms with van der Waals surface area (Å²) in [7, 11) is -1.01. The highest BCUT2D eigenvalue weighted by atomic mass is 35.5. The van der Waals surface area contributed by atoms with E-state index in [1.807, 2.05) is 0 Å². The van der Waals surface area contributed by atoms with E-state index < -0.39 is 21.4 Å². The maximum Gasteiger partial charge on any atom is 0.419 e. The maximum absolute atomic E-state index is 13.6. The lowest BCUT2D eigenvalue weighted by Crippen LogP contribution is -2.26. The molecule has 1 N–H and O–H groups in total. The zero-order valence-electron chi connectivity index (χ0n) is 17.4. The third-order valence-electron chi connectivity index (χ3n) is 4.67. The zero-order chi connectivity index (χ0) is 23.5. The molecule has 0 bridgehead atoms. The summed E-state index contributed by atoms with van der Waals surface area (Å²) in [6, 6.07) is 10.2. The molecule has 1 unspecified atom stereocenters. The molecule has 0 amide bonds. The first-order valence-corrected chi connectivity index (χ1v) is 11.9. The minimum Gasteiger partial charge on any atom is -0.323 e. The van der Waals surface area contributed by atoms with Crippen molar-refractivity contribution in [1.29, 1.82) is 0 Å². The van der Waals surface area contributed by atoms with E-state index in [4.69, 9.17) is 11.6 Å². The van der Waals surface area contributed by atoms with E-state index in [1.54, 1.807) is 43.4 Å². The Morgan fingerprint density at radius 3 is 2.53 bits per heavy atom.